The Bertz CT molecular complexity index is 632. The van der Waals surface area contributed by atoms with Crippen LogP contribution in [0, 0.1) is 17.6 Å². The number of hydrogen-bond donors (Lipinski definition) is 0. The third kappa shape index (κ3) is 2.94. The van der Waals surface area contributed by atoms with Crippen molar-refractivity contribution in [2.75, 3.05) is 0 Å². The topological polar surface area (TPSA) is 26.3 Å². The molecule has 108 valence electrons. The van der Waals surface area contributed by atoms with E-state index in [1.165, 1.54) is 12.1 Å². The summed E-state index contributed by atoms with van der Waals surface area (Å²) in [6, 6.07) is 11.7. The molecule has 2 atom stereocenters. The van der Waals surface area contributed by atoms with Gasteiger partial charge in [-0.15, -0.1) is 0 Å². The minimum absolute atomic E-state index is 0.0605. The zero-order valence-electron chi connectivity index (χ0n) is 11.3. The van der Waals surface area contributed by atoms with Crippen LogP contribution in [0.25, 0.3) is 0 Å². The summed E-state index contributed by atoms with van der Waals surface area (Å²) in [7, 11) is 0. The van der Waals surface area contributed by atoms with Gasteiger partial charge in [-0.1, -0.05) is 30.3 Å². The second-order valence-corrected chi connectivity index (χ2v) is 5.23. The number of rotatable bonds is 5. The molecule has 3 rings (SSSR count). The first kappa shape index (κ1) is 13.7. The largest absolute Gasteiger partial charge is 0.483 e. The van der Waals surface area contributed by atoms with Crippen molar-refractivity contribution in [3.63, 3.8) is 0 Å². The molecule has 0 amide bonds. The van der Waals surface area contributed by atoms with Gasteiger partial charge in [-0.2, -0.15) is 0 Å². The van der Waals surface area contributed by atoms with Crippen molar-refractivity contribution in [2.24, 2.45) is 5.92 Å². The van der Waals surface area contributed by atoms with E-state index in [0.29, 0.717) is 12.0 Å². The molecule has 2 aromatic carbocycles. The lowest BCUT2D eigenvalue weighted by Crippen LogP contribution is -2.01. The Morgan fingerprint density at radius 2 is 1.81 bits per heavy atom. The van der Waals surface area contributed by atoms with Gasteiger partial charge >= 0.3 is 0 Å². The molecule has 0 heterocycles. The normalized spacial score (nSPS) is 20.1. The summed E-state index contributed by atoms with van der Waals surface area (Å²) in [4.78, 5) is 10.6. The SMILES string of the molecule is O=CC1CC1c1cc(F)c(OCc2ccccc2)c(F)c1. The lowest BCUT2D eigenvalue weighted by molar-refractivity contribution is -0.108. The highest BCUT2D eigenvalue weighted by Gasteiger charge is 2.38. The lowest BCUT2D eigenvalue weighted by atomic mass is 10.1. The molecule has 1 saturated carbocycles. The third-order valence-electron chi connectivity index (χ3n) is 3.69. The fourth-order valence-corrected chi connectivity index (χ4v) is 2.41. The molecule has 0 N–H and O–H groups in total. The van der Waals surface area contributed by atoms with Crippen molar-refractivity contribution in [2.45, 2.75) is 18.9 Å². The van der Waals surface area contributed by atoms with Crippen LogP contribution in [0.4, 0.5) is 8.78 Å². The highest BCUT2D eigenvalue weighted by atomic mass is 19.1. The molecular formula is C17H14F2O2. The number of hydrogen-bond acceptors (Lipinski definition) is 2. The maximum Gasteiger partial charge on any atom is 0.191 e. The predicted octanol–water partition coefficient (Wildman–Crippen LogP) is 3.85. The van der Waals surface area contributed by atoms with Gasteiger partial charge < -0.3 is 9.53 Å². The van der Waals surface area contributed by atoms with Gasteiger partial charge in [0.25, 0.3) is 0 Å². The van der Waals surface area contributed by atoms with Crippen molar-refractivity contribution in [1.82, 2.24) is 0 Å². The van der Waals surface area contributed by atoms with Crippen LogP contribution in [0.1, 0.15) is 23.5 Å². The quantitative estimate of drug-likeness (QED) is 0.781. The molecule has 1 aliphatic carbocycles. The number of benzene rings is 2. The monoisotopic (exact) mass is 288 g/mol. The fraction of sp³-hybridized carbons (Fsp3) is 0.235. The number of carbonyl (C=O) groups is 1. The maximum atomic E-state index is 14.0. The smallest absolute Gasteiger partial charge is 0.191 e. The summed E-state index contributed by atoms with van der Waals surface area (Å²) >= 11 is 0. The van der Waals surface area contributed by atoms with Gasteiger partial charge in [0.1, 0.15) is 12.9 Å². The molecule has 0 spiro atoms. The molecule has 0 aliphatic heterocycles. The predicted molar refractivity (Wildman–Crippen MR) is 74.0 cm³/mol. The highest BCUT2D eigenvalue weighted by Crippen LogP contribution is 2.47. The van der Waals surface area contributed by atoms with Crippen LogP contribution in [0.3, 0.4) is 0 Å². The third-order valence-corrected chi connectivity index (χ3v) is 3.69. The van der Waals surface area contributed by atoms with E-state index in [-0.39, 0.29) is 24.2 Å². The van der Waals surface area contributed by atoms with E-state index in [9.17, 15) is 13.6 Å². The van der Waals surface area contributed by atoms with Crippen LogP contribution in [-0.2, 0) is 11.4 Å². The van der Waals surface area contributed by atoms with Crippen molar-refractivity contribution >= 4 is 6.29 Å². The maximum absolute atomic E-state index is 14.0. The van der Waals surface area contributed by atoms with Gasteiger partial charge in [0.2, 0.25) is 0 Å². The Kier molecular flexibility index (Phi) is 3.69. The van der Waals surface area contributed by atoms with Crippen LogP contribution in [0.15, 0.2) is 42.5 Å². The standard InChI is InChI=1S/C17H14F2O2/c18-15-7-12(14-6-13(14)9-20)8-16(19)17(15)21-10-11-4-2-1-3-5-11/h1-5,7-9,13-14H,6,10H2. The molecule has 1 aliphatic rings. The van der Waals surface area contributed by atoms with Crippen molar-refractivity contribution in [1.29, 1.82) is 0 Å². The summed E-state index contributed by atoms with van der Waals surface area (Å²) in [5, 5.41) is 0. The summed E-state index contributed by atoms with van der Waals surface area (Å²) in [5.74, 6) is -1.99. The van der Waals surface area contributed by atoms with Crippen LogP contribution < -0.4 is 4.74 Å². The molecular weight excluding hydrogens is 274 g/mol. The average Bonchev–Trinajstić information content (AvgIpc) is 3.27. The van der Waals surface area contributed by atoms with E-state index in [2.05, 4.69) is 0 Å². The summed E-state index contributed by atoms with van der Waals surface area (Å²) in [5.41, 5.74) is 1.36. The number of aldehydes is 1. The van der Waals surface area contributed by atoms with Gasteiger partial charge in [-0.05, 0) is 35.6 Å². The Morgan fingerprint density at radius 3 is 2.38 bits per heavy atom. The first-order chi connectivity index (χ1) is 10.2. The lowest BCUT2D eigenvalue weighted by Gasteiger charge is -2.10. The van der Waals surface area contributed by atoms with Crippen molar-refractivity contribution < 1.29 is 18.3 Å². The first-order valence-electron chi connectivity index (χ1n) is 6.80. The zero-order chi connectivity index (χ0) is 14.8. The molecule has 2 nitrogen and oxygen atoms in total. The molecule has 2 unspecified atom stereocenters. The van der Waals surface area contributed by atoms with E-state index in [4.69, 9.17) is 4.74 Å². The van der Waals surface area contributed by atoms with Crippen LogP contribution in [0.5, 0.6) is 5.75 Å². The van der Waals surface area contributed by atoms with Crippen LogP contribution in [-0.4, -0.2) is 6.29 Å². The van der Waals surface area contributed by atoms with E-state index in [1.807, 2.05) is 30.3 Å². The molecule has 2 aromatic rings. The Labute approximate surface area is 121 Å². The second-order valence-electron chi connectivity index (χ2n) is 5.23. The minimum Gasteiger partial charge on any atom is -0.483 e. The molecule has 0 saturated heterocycles. The minimum atomic E-state index is -0.725. The summed E-state index contributed by atoms with van der Waals surface area (Å²) in [6.07, 6.45) is 1.49. The molecule has 21 heavy (non-hydrogen) atoms. The van der Waals surface area contributed by atoms with Gasteiger partial charge in [0, 0.05) is 5.92 Å². The Hall–Kier alpha value is -2.23. The van der Waals surface area contributed by atoms with Crippen LogP contribution >= 0.6 is 0 Å². The Morgan fingerprint density at radius 1 is 1.14 bits per heavy atom. The molecule has 4 heteroatoms. The highest BCUT2D eigenvalue weighted by molar-refractivity contribution is 5.61. The van der Waals surface area contributed by atoms with E-state index >= 15 is 0 Å². The van der Waals surface area contributed by atoms with Gasteiger partial charge in [-0.25, -0.2) is 8.78 Å². The molecule has 1 fully saturated rings. The number of ether oxygens (including phenoxy) is 1. The van der Waals surface area contributed by atoms with Gasteiger partial charge in [0.05, 0.1) is 0 Å². The van der Waals surface area contributed by atoms with Crippen molar-refractivity contribution in [3.8, 4) is 5.75 Å². The first-order valence-corrected chi connectivity index (χ1v) is 6.80. The van der Waals surface area contributed by atoms with E-state index in [0.717, 1.165) is 11.8 Å². The van der Waals surface area contributed by atoms with Gasteiger partial charge in [0.15, 0.2) is 17.4 Å². The number of carbonyl (C=O) groups excluding carboxylic acids is 1. The zero-order valence-corrected chi connectivity index (χ0v) is 11.3. The van der Waals surface area contributed by atoms with E-state index in [1.54, 1.807) is 0 Å². The fourth-order valence-electron chi connectivity index (χ4n) is 2.41. The van der Waals surface area contributed by atoms with Crippen LogP contribution in [0.2, 0.25) is 0 Å². The molecule has 0 radical (unpaired) electrons. The second kappa shape index (κ2) is 5.64. The molecule has 0 bridgehead atoms. The van der Waals surface area contributed by atoms with Crippen molar-refractivity contribution in [3.05, 3.63) is 65.2 Å². The average molecular weight is 288 g/mol. The van der Waals surface area contributed by atoms with Gasteiger partial charge in [-0.3, -0.25) is 0 Å². The van der Waals surface area contributed by atoms with E-state index < -0.39 is 11.6 Å². The molecule has 0 aromatic heterocycles. The summed E-state index contributed by atoms with van der Waals surface area (Å²) in [6.45, 7) is 0.106. The Balaban J connectivity index is 1.75. The summed E-state index contributed by atoms with van der Waals surface area (Å²) < 4.78 is 33.2. The number of halogens is 2.